The van der Waals surface area contributed by atoms with Crippen molar-refractivity contribution in [3.8, 4) is 0 Å². The van der Waals surface area contributed by atoms with Crippen molar-refractivity contribution in [2.45, 2.75) is 13.3 Å². The van der Waals surface area contributed by atoms with Gasteiger partial charge in [0.1, 0.15) is 0 Å². The number of rotatable bonds is 4. The first kappa shape index (κ1) is 18.1. The third kappa shape index (κ3) is 3.75. The van der Waals surface area contributed by atoms with Gasteiger partial charge in [-0.05, 0) is 42.8 Å². The van der Waals surface area contributed by atoms with E-state index in [1.807, 2.05) is 24.3 Å². The SMILES string of the molecule is Cc1cc([N+](=O)[O-])ccc1NC(=O)[C@@H]1CC(=O)N(c2ccc(Br)cc2)C1. The molecule has 1 fully saturated rings. The lowest BCUT2D eigenvalue weighted by molar-refractivity contribution is -0.384. The van der Waals surface area contributed by atoms with Crippen molar-refractivity contribution in [3.63, 3.8) is 0 Å². The average molecular weight is 418 g/mol. The standard InChI is InChI=1S/C18H16BrN3O4/c1-11-8-15(22(25)26)6-7-16(11)20-18(24)12-9-17(23)21(10-12)14-4-2-13(19)3-5-14/h2-8,12H,9-10H2,1H3,(H,20,24)/t12-/m1/s1. The second kappa shape index (κ2) is 7.25. The van der Waals surface area contributed by atoms with Crippen LogP contribution in [0.25, 0.3) is 0 Å². The number of non-ortho nitro benzene ring substituents is 1. The summed E-state index contributed by atoms with van der Waals surface area (Å²) in [5, 5.41) is 13.6. The number of nitro benzene ring substituents is 1. The first-order chi connectivity index (χ1) is 12.3. The van der Waals surface area contributed by atoms with Crippen LogP contribution in [0, 0.1) is 23.0 Å². The van der Waals surface area contributed by atoms with Crippen molar-refractivity contribution >= 4 is 44.8 Å². The smallest absolute Gasteiger partial charge is 0.269 e. The fourth-order valence-electron chi connectivity index (χ4n) is 2.89. The monoisotopic (exact) mass is 417 g/mol. The van der Waals surface area contributed by atoms with Gasteiger partial charge in [-0.2, -0.15) is 0 Å². The zero-order valence-corrected chi connectivity index (χ0v) is 15.5. The lowest BCUT2D eigenvalue weighted by atomic mass is 10.1. The molecular formula is C18H16BrN3O4. The summed E-state index contributed by atoms with van der Waals surface area (Å²) in [5.41, 5.74) is 1.83. The largest absolute Gasteiger partial charge is 0.326 e. The lowest BCUT2D eigenvalue weighted by Gasteiger charge is -2.17. The topological polar surface area (TPSA) is 92.5 Å². The molecule has 2 aromatic rings. The number of anilines is 2. The summed E-state index contributed by atoms with van der Waals surface area (Å²) in [6, 6.07) is 11.6. The first-order valence-electron chi connectivity index (χ1n) is 7.97. The average Bonchev–Trinajstić information content (AvgIpc) is 2.99. The van der Waals surface area contributed by atoms with E-state index < -0.39 is 10.8 Å². The molecule has 0 aromatic heterocycles. The Hall–Kier alpha value is -2.74. The highest BCUT2D eigenvalue weighted by Crippen LogP contribution is 2.28. The number of hydrogen-bond donors (Lipinski definition) is 1. The van der Waals surface area contributed by atoms with E-state index in [9.17, 15) is 19.7 Å². The molecule has 0 saturated carbocycles. The van der Waals surface area contributed by atoms with Gasteiger partial charge in [-0.1, -0.05) is 15.9 Å². The van der Waals surface area contributed by atoms with Crippen LogP contribution in [0.3, 0.4) is 0 Å². The highest BCUT2D eigenvalue weighted by Gasteiger charge is 2.35. The Morgan fingerprint density at radius 3 is 2.58 bits per heavy atom. The molecule has 7 nitrogen and oxygen atoms in total. The highest BCUT2D eigenvalue weighted by molar-refractivity contribution is 9.10. The number of benzene rings is 2. The van der Waals surface area contributed by atoms with Crippen molar-refractivity contribution < 1.29 is 14.5 Å². The molecule has 1 heterocycles. The van der Waals surface area contributed by atoms with Gasteiger partial charge in [-0.25, -0.2) is 0 Å². The van der Waals surface area contributed by atoms with Crippen LogP contribution in [0.2, 0.25) is 0 Å². The van der Waals surface area contributed by atoms with Crippen LogP contribution in [-0.2, 0) is 9.59 Å². The molecular weight excluding hydrogens is 402 g/mol. The van der Waals surface area contributed by atoms with Gasteiger partial charge in [-0.15, -0.1) is 0 Å². The number of carbonyl (C=O) groups is 2. The van der Waals surface area contributed by atoms with Gasteiger partial charge in [0.15, 0.2) is 0 Å². The Morgan fingerprint density at radius 1 is 1.27 bits per heavy atom. The third-order valence-corrected chi connectivity index (χ3v) is 4.84. The normalized spacial score (nSPS) is 16.6. The molecule has 0 bridgehead atoms. The molecule has 1 aliphatic heterocycles. The Morgan fingerprint density at radius 2 is 1.96 bits per heavy atom. The van der Waals surface area contributed by atoms with Crippen LogP contribution < -0.4 is 10.2 Å². The van der Waals surface area contributed by atoms with Crippen LogP contribution in [0.1, 0.15) is 12.0 Å². The maximum absolute atomic E-state index is 12.5. The Kier molecular flexibility index (Phi) is 5.03. The van der Waals surface area contributed by atoms with Crippen LogP contribution in [0.4, 0.5) is 17.1 Å². The van der Waals surface area contributed by atoms with E-state index in [1.54, 1.807) is 11.8 Å². The maximum Gasteiger partial charge on any atom is 0.269 e. The van der Waals surface area contributed by atoms with Crippen LogP contribution in [-0.4, -0.2) is 23.3 Å². The summed E-state index contributed by atoms with van der Waals surface area (Å²) in [7, 11) is 0. The summed E-state index contributed by atoms with van der Waals surface area (Å²) in [6.45, 7) is 1.99. The number of nitrogens with zero attached hydrogens (tertiary/aromatic N) is 2. The first-order valence-corrected chi connectivity index (χ1v) is 8.76. The van der Waals surface area contributed by atoms with E-state index >= 15 is 0 Å². The fourth-order valence-corrected chi connectivity index (χ4v) is 3.15. The number of amides is 2. The molecule has 0 aliphatic carbocycles. The van der Waals surface area contributed by atoms with Crippen molar-refractivity contribution in [2.24, 2.45) is 5.92 Å². The van der Waals surface area contributed by atoms with E-state index in [1.165, 1.54) is 18.2 Å². The summed E-state index contributed by atoms with van der Waals surface area (Å²) >= 11 is 3.35. The molecule has 26 heavy (non-hydrogen) atoms. The van der Waals surface area contributed by atoms with Gasteiger partial charge in [0.05, 0.1) is 10.8 Å². The minimum absolute atomic E-state index is 0.0297. The van der Waals surface area contributed by atoms with Crippen molar-refractivity contribution in [1.82, 2.24) is 0 Å². The van der Waals surface area contributed by atoms with Crippen molar-refractivity contribution in [1.29, 1.82) is 0 Å². The van der Waals surface area contributed by atoms with Gasteiger partial charge >= 0.3 is 0 Å². The molecule has 134 valence electrons. The quantitative estimate of drug-likeness (QED) is 0.606. The predicted molar refractivity (Wildman–Crippen MR) is 101 cm³/mol. The number of hydrogen-bond acceptors (Lipinski definition) is 4. The van der Waals surface area contributed by atoms with Gasteiger partial charge < -0.3 is 10.2 Å². The predicted octanol–water partition coefficient (Wildman–Crippen LogP) is 3.66. The third-order valence-electron chi connectivity index (χ3n) is 4.31. The molecule has 0 radical (unpaired) electrons. The summed E-state index contributed by atoms with van der Waals surface area (Å²) in [6.07, 6.45) is 0.133. The summed E-state index contributed by atoms with van der Waals surface area (Å²) < 4.78 is 0.913. The van der Waals surface area contributed by atoms with E-state index in [2.05, 4.69) is 21.2 Å². The Bertz CT molecular complexity index is 883. The van der Waals surface area contributed by atoms with Gasteiger partial charge in [0, 0.05) is 40.9 Å². The summed E-state index contributed by atoms with van der Waals surface area (Å²) in [5.74, 6) is -0.844. The number of nitrogens with one attached hydrogen (secondary N) is 1. The summed E-state index contributed by atoms with van der Waals surface area (Å²) in [4.78, 5) is 36.7. The molecule has 3 rings (SSSR count). The van der Waals surface area contributed by atoms with E-state index in [4.69, 9.17) is 0 Å². The van der Waals surface area contributed by atoms with Crippen LogP contribution in [0.5, 0.6) is 0 Å². The molecule has 0 spiro atoms. The molecule has 1 saturated heterocycles. The minimum Gasteiger partial charge on any atom is -0.326 e. The van der Waals surface area contributed by atoms with Gasteiger partial charge in [0.2, 0.25) is 11.8 Å². The van der Waals surface area contributed by atoms with E-state index in [0.717, 1.165) is 10.2 Å². The molecule has 2 aromatic carbocycles. The lowest BCUT2D eigenvalue weighted by Crippen LogP contribution is -2.28. The molecule has 1 atom stereocenters. The highest BCUT2D eigenvalue weighted by atomic mass is 79.9. The zero-order valence-electron chi connectivity index (χ0n) is 13.9. The Balaban J connectivity index is 1.70. The van der Waals surface area contributed by atoms with Crippen LogP contribution in [0.15, 0.2) is 46.9 Å². The van der Waals surface area contributed by atoms with E-state index in [-0.39, 0.29) is 23.9 Å². The zero-order chi connectivity index (χ0) is 18.8. The Labute approximate surface area is 158 Å². The molecule has 0 unspecified atom stereocenters. The van der Waals surface area contributed by atoms with Crippen LogP contribution >= 0.6 is 15.9 Å². The molecule has 8 heteroatoms. The minimum atomic E-state index is -0.482. The van der Waals surface area contributed by atoms with Crippen molar-refractivity contribution in [3.05, 3.63) is 62.6 Å². The van der Waals surface area contributed by atoms with E-state index in [0.29, 0.717) is 17.8 Å². The maximum atomic E-state index is 12.5. The molecule has 1 aliphatic rings. The number of nitro groups is 1. The number of halogens is 1. The molecule has 2 amide bonds. The number of carbonyl (C=O) groups excluding carboxylic acids is 2. The number of aryl methyl sites for hydroxylation is 1. The second-order valence-electron chi connectivity index (χ2n) is 6.13. The van der Waals surface area contributed by atoms with Gasteiger partial charge in [-0.3, -0.25) is 19.7 Å². The fraction of sp³-hybridized carbons (Fsp3) is 0.222. The van der Waals surface area contributed by atoms with Crippen molar-refractivity contribution in [2.75, 3.05) is 16.8 Å². The molecule has 1 N–H and O–H groups in total. The second-order valence-corrected chi connectivity index (χ2v) is 7.04. The van der Waals surface area contributed by atoms with Gasteiger partial charge in [0.25, 0.3) is 5.69 Å².